The third kappa shape index (κ3) is 3.69. The number of rotatable bonds is 5. The molecule has 0 radical (unpaired) electrons. The van der Waals surface area contributed by atoms with Crippen LogP contribution in [0.3, 0.4) is 0 Å². The van der Waals surface area contributed by atoms with Gasteiger partial charge < -0.3 is 19.9 Å². The quantitative estimate of drug-likeness (QED) is 0.899. The van der Waals surface area contributed by atoms with Crippen LogP contribution >= 0.6 is 0 Å². The van der Waals surface area contributed by atoms with E-state index in [0.717, 1.165) is 5.69 Å². The van der Waals surface area contributed by atoms with Gasteiger partial charge in [0.25, 0.3) is 5.91 Å². The van der Waals surface area contributed by atoms with E-state index in [-0.39, 0.29) is 24.1 Å². The Bertz CT molecular complexity index is 540. The van der Waals surface area contributed by atoms with Crippen LogP contribution < -0.4 is 10.2 Å². The van der Waals surface area contributed by atoms with Gasteiger partial charge in [-0.25, -0.2) is 4.79 Å². The molecule has 22 heavy (non-hydrogen) atoms. The molecular formula is C16H23N3O3. The standard InChI is InChI=1S/C16H23N3O3/c1-11(2)19-10-14(22-16(19)21)9-17-15(20)12-5-7-13(8-6-12)18(3)4/h5-8,11,14H,9-10H2,1-4H3,(H,17,20). The van der Waals surface area contributed by atoms with Crippen molar-refractivity contribution >= 4 is 17.7 Å². The molecule has 1 aromatic carbocycles. The highest BCUT2D eigenvalue weighted by atomic mass is 16.6. The number of cyclic esters (lactones) is 1. The Morgan fingerprint density at radius 3 is 2.50 bits per heavy atom. The van der Waals surface area contributed by atoms with E-state index < -0.39 is 0 Å². The smallest absolute Gasteiger partial charge is 0.410 e. The van der Waals surface area contributed by atoms with E-state index in [1.54, 1.807) is 17.0 Å². The minimum absolute atomic E-state index is 0.103. The molecule has 1 aliphatic heterocycles. The van der Waals surface area contributed by atoms with Crippen molar-refractivity contribution in [1.82, 2.24) is 10.2 Å². The van der Waals surface area contributed by atoms with Crippen molar-refractivity contribution in [2.24, 2.45) is 0 Å². The molecule has 1 atom stereocenters. The molecule has 1 aliphatic rings. The van der Waals surface area contributed by atoms with Gasteiger partial charge in [0.1, 0.15) is 6.10 Å². The topological polar surface area (TPSA) is 61.9 Å². The van der Waals surface area contributed by atoms with Crippen LogP contribution in [0.25, 0.3) is 0 Å². The number of hydrogen-bond donors (Lipinski definition) is 1. The summed E-state index contributed by atoms with van der Waals surface area (Å²) in [6, 6.07) is 7.46. The van der Waals surface area contributed by atoms with Gasteiger partial charge >= 0.3 is 6.09 Å². The number of ether oxygens (including phenoxy) is 1. The van der Waals surface area contributed by atoms with Crippen molar-refractivity contribution in [1.29, 1.82) is 0 Å². The van der Waals surface area contributed by atoms with Crippen molar-refractivity contribution in [3.8, 4) is 0 Å². The van der Waals surface area contributed by atoms with Crippen LogP contribution in [-0.4, -0.2) is 56.2 Å². The molecule has 1 aromatic rings. The Hall–Kier alpha value is -2.24. The summed E-state index contributed by atoms with van der Waals surface area (Å²) in [4.78, 5) is 27.4. The number of carbonyl (C=O) groups excluding carboxylic acids is 2. The minimum Gasteiger partial charge on any atom is -0.442 e. The van der Waals surface area contributed by atoms with Crippen LogP contribution in [0.2, 0.25) is 0 Å². The van der Waals surface area contributed by atoms with Crippen molar-refractivity contribution in [3.63, 3.8) is 0 Å². The van der Waals surface area contributed by atoms with Crippen molar-refractivity contribution in [3.05, 3.63) is 29.8 Å². The highest BCUT2D eigenvalue weighted by molar-refractivity contribution is 5.94. The molecule has 1 saturated heterocycles. The zero-order valence-electron chi connectivity index (χ0n) is 13.5. The number of nitrogens with zero attached hydrogens (tertiary/aromatic N) is 2. The predicted molar refractivity (Wildman–Crippen MR) is 85.2 cm³/mol. The Balaban J connectivity index is 1.87. The zero-order valence-corrected chi connectivity index (χ0v) is 13.5. The van der Waals surface area contributed by atoms with Gasteiger partial charge in [0.15, 0.2) is 0 Å². The van der Waals surface area contributed by atoms with Gasteiger partial charge in [-0.3, -0.25) is 4.79 Å². The summed E-state index contributed by atoms with van der Waals surface area (Å²) >= 11 is 0. The lowest BCUT2D eigenvalue weighted by atomic mass is 10.2. The summed E-state index contributed by atoms with van der Waals surface area (Å²) in [7, 11) is 3.90. The Morgan fingerprint density at radius 1 is 1.36 bits per heavy atom. The SMILES string of the molecule is CC(C)N1CC(CNC(=O)c2ccc(N(C)C)cc2)OC1=O. The summed E-state index contributed by atoms with van der Waals surface area (Å²) in [5, 5.41) is 2.81. The van der Waals surface area contributed by atoms with E-state index in [0.29, 0.717) is 18.7 Å². The van der Waals surface area contributed by atoms with Crippen molar-refractivity contribution < 1.29 is 14.3 Å². The number of hydrogen-bond acceptors (Lipinski definition) is 4. The maximum Gasteiger partial charge on any atom is 0.410 e. The van der Waals surface area contributed by atoms with E-state index in [9.17, 15) is 9.59 Å². The van der Waals surface area contributed by atoms with Crippen LogP contribution in [0.4, 0.5) is 10.5 Å². The maximum atomic E-state index is 12.1. The number of anilines is 1. The van der Waals surface area contributed by atoms with Crippen LogP contribution in [-0.2, 0) is 4.74 Å². The van der Waals surface area contributed by atoms with Gasteiger partial charge in [-0.15, -0.1) is 0 Å². The molecule has 1 N–H and O–H groups in total. The van der Waals surface area contributed by atoms with Crippen LogP contribution in [0.5, 0.6) is 0 Å². The first-order valence-corrected chi connectivity index (χ1v) is 7.41. The zero-order chi connectivity index (χ0) is 16.3. The average Bonchev–Trinajstić information content (AvgIpc) is 2.86. The molecule has 2 amide bonds. The lowest BCUT2D eigenvalue weighted by molar-refractivity contribution is 0.0914. The van der Waals surface area contributed by atoms with Gasteiger partial charge in [-0.2, -0.15) is 0 Å². The first kappa shape index (κ1) is 16.1. The second kappa shape index (κ2) is 6.68. The Labute approximate surface area is 131 Å². The third-order valence-corrected chi connectivity index (χ3v) is 3.66. The van der Waals surface area contributed by atoms with E-state index in [4.69, 9.17) is 4.74 Å². The molecule has 2 rings (SSSR count). The first-order valence-electron chi connectivity index (χ1n) is 7.41. The van der Waals surface area contributed by atoms with E-state index in [2.05, 4.69) is 5.32 Å². The van der Waals surface area contributed by atoms with Crippen molar-refractivity contribution in [2.45, 2.75) is 26.0 Å². The summed E-state index contributed by atoms with van der Waals surface area (Å²) in [5.74, 6) is -0.163. The first-order chi connectivity index (χ1) is 10.4. The average molecular weight is 305 g/mol. The highest BCUT2D eigenvalue weighted by Gasteiger charge is 2.32. The molecule has 1 heterocycles. The summed E-state index contributed by atoms with van der Waals surface area (Å²) in [5.41, 5.74) is 1.63. The van der Waals surface area contributed by atoms with Crippen LogP contribution in [0, 0.1) is 0 Å². The lowest BCUT2D eigenvalue weighted by Crippen LogP contribution is -2.36. The molecule has 1 fully saturated rings. The largest absolute Gasteiger partial charge is 0.442 e. The Morgan fingerprint density at radius 2 is 2.00 bits per heavy atom. The number of amides is 2. The van der Waals surface area contributed by atoms with E-state index in [1.165, 1.54) is 0 Å². The molecule has 120 valence electrons. The monoisotopic (exact) mass is 305 g/mol. The van der Waals surface area contributed by atoms with Gasteiger partial charge in [0.2, 0.25) is 0 Å². The lowest BCUT2D eigenvalue weighted by Gasteiger charge is -2.17. The minimum atomic E-state index is -0.315. The highest BCUT2D eigenvalue weighted by Crippen LogP contribution is 2.15. The fourth-order valence-corrected chi connectivity index (χ4v) is 2.29. The molecule has 0 bridgehead atoms. The number of nitrogens with one attached hydrogen (secondary N) is 1. The molecular weight excluding hydrogens is 282 g/mol. The maximum absolute atomic E-state index is 12.1. The second-order valence-corrected chi connectivity index (χ2v) is 5.90. The third-order valence-electron chi connectivity index (χ3n) is 3.66. The fourth-order valence-electron chi connectivity index (χ4n) is 2.29. The van der Waals surface area contributed by atoms with Gasteiger partial charge in [0, 0.05) is 31.4 Å². The summed E-state index contributed by atoms with van der Waals surface area (Å²) < 4.78 is 5.24. The van der Waals surface area contributed by atoms with Crippen LogP contribution in [0.15, 0.2) is 24.3 Å². The molecule has 0 saturated carbocycles. The van der Waals surface area contributed by atoms with Gasteiger partial charge in [-0.1, -0.05) is 0 Å². The Kier molecular flexibility index (Phi) is 4.90. The van der Waals surface area contributed by atoms with E-state index >= 15 is 0 Å². The summed E-state index contributed by atoms with van der Waals surface area (Å²) in [6.45, 7) is 4.71. The van der Waals surface area contributed by atoms with Crippen molar-refractivity contribution in [2.75, 3.05) is 32.1 Å². The van der Waals surface area contributed by atoms with Gasteiger partial charge in [-0.05, 0) is 38.1 Å². The molecule has 0 spiro atoms. The molecule has 1 unspecified atom stereocenters. The second-order valence-electron chi connectivity index (χ2n) is 5.90. The molecule has 6 heteroatoms. The van der Waals surface area contributed by atoms with E-state index in [1.807, 2.05) is 45.0 Å². The predicted octanol–water partition coefficient (Wildman–Crippen LogP) is 1.71. The van der Waals surface area contributed by atoms with Gasteiger partial charge in [0.05, 0.1) is 13.1 Å². The number of benzene rings is 1. The number of carbonyl (C=O) groups is 2. The van der Waals surface area contributed by atoms with Crippen LogP contribution in [0.1, 0.15) is 24.2 Å². The summed E-state index contributed by atoms with van der Waals surface area (Å²) in [6.07, 6.45) is -0.607. The molecule has 0 aromatic heterocycles. The fraction of sp³-hybridized carbons (Fsp3) is 0.500. The normalized spacial score (nSPS) is 17.6. The molecule has 0 aliphatic carbocycles. The molecule has 6 nitrogen and oxygen atoms in total.